The van der Waals surface area contributed by atoms with Crippen LogP contribution in [0.25, 0.3) is 10.2 Å². The molecule has 0 aliphatic rings. The van der Waals surface area contributed by atoms with Crippen LogP contribution in [0, 0.1) is 0 Å². The summed E-state index contributed by atoms with van der Waals surface area (Å²) in [5.74, 6) is -0.194. The minimum absolute atomic E-state index is 0.00263. The van der Waals surface area contributed by atoms with Crippen LogP contribution in [0.5, 0.6) is 0 Å². The molecule has 1 amide bonds. The van der Waals surface area contributed by atoms with Gasteiger partial charge in [-0.1, -0.05) is 24.4 Å². The fourth-order valence-electron chi connectivity index (χ4n) is 2.28. The fourth-order valence-corrected chi connectivity index (χ4v) is 3.87. The third-order valence-electron chi connectivity index (χ3n) is 3.20. The lowest BCUT2D eigenvalue weighted by molar-refractivity contribution is -0.121. The van der Waals surface area contributed by atoms with Crippen molar-refractivity contribution in [2.75, 3.05) is 0 Å². The predicted octanol–water partition coefficient (Wildman–Crippen LogP) is 3.62. The van der Waals surface area contributed by atoms with E-state index in [1.54, 1.807) is 11.3 Å². The fraction of sp³-hybridized carbons (Fsp3) is 0.471. The van der Waals surface area contributed by atoms with Gasteiger partial charge in [-0.3, -0.25) is 4.79 Å². The van der Waals surface area contributed by atoms with E-state index in [2.05, 4.69) is 15.6 Å². The van der Waals surface area contributed by atoms with Crippen LogP contribution in [0.4, 0.5) is 0 Å². The molecular formula is C17H23N3OS2. The van der Waals surface area contributed by atoms with Crippen LogP contribution in [0.1, 0.15) is 45.0 Å². The first kappa shape index (κ1) is 17.8. The Labute approximate surface area is 146 Å². The van der Waals surface area contributed by atoms with Gasteiger partial charge in [0.05, 0.1) is 21.1 Å². The standard InChI is InChI=1S/C17H23N3OS2/c1-10(2)18-15(21)9-12(16(22)19-11(3)4)17-20-13-7-5-6-8-14(13)23-17/h5-8,10-12H,9H2,1-4H3,(H,18,21)(H,19,22). The molecular weight excluding hydrogens is 326 g/mol. The molecule has 0 radical (unpaired) electrons. The molecule has 6 heteroatoms. The van der Waals surface area contributed by atoms with E-state index < -0.39 is 0 Å². The highest BCUT2D eigenvalue weighted by Crippen LogP contribution is 2.30. The van der Waals surface area contributed by atoms with E-state index in [0.717, 1.165) is 15.2 Å². The van der Waals surface area contributed by atoms with Crippen LogP contribution in [-0.4, -0.2) is 28.0 Å². The zero-order chi connectivity index (χ0) is 17.0. The summed E-state index contributed by atoms with van der Waals surface area (Å²) < 4.78 is 1.11. The number of rotatable bonds is 6. The van der Waals surface area contributed by atoms with Crippen molar-refractivity contribution < 1.29 is 4.79 Å². The van der Waals surface area contributed by atoms with Gasteiger partial charge in [0.15, 0.2) is 0 Å². The third-order valence-corrected chi connectivity index (χ3v) is 4.75. The summed E-state index contributed by atoms with van der Waals surface area (Å²) in [4.78, 5) is 17.6. The average Bonchev–Trinajstić information content (AvgIpc) is 2.86. The normalized spacial score (nSPS) is 12.6. The second-order valence-electron chi connectivity index (χ2n) is 6.16. The van der Waals surface area contributed by atoms with E-state index in [9.17, 15) is 4.79 Å². The van der Waals surface area contributed by atoms with Gasteiger partial charge >= 0.3 is 0 Å². The summed E-state index contributed by atoms with van der Waals surface area (Å²) in [6.07, 6.45) is 0.316. The van der Waals surface area contributed by atoms with E-state index in [1.165, 1.54) is 0 Å². The number of carbonyl (C=O) groups is 1. The number of carbonyl (C=O) groups excluding carboxylic acids is 1. The maximum Gasteiger partial charge on any atom is 0.221 e. The van der Waals surface area contributed by atoms with Crippen LogP contribution >= 0.6 is 23.6 Å². The Bertz CT molecular complexity index is 661. The summed E-state index contributed by atoms with van der Waals surface area (Å²) in [7, 11) is 0. The molecule has 0 saturated carbocycles. The summed E-state index contributed by atoms with van der Waals surface area (Å²) >= 11 is 7.15. The molecule has 0 spiro atoms. The van der Waals surface area contributed by atoms with Crippen molar-refractivity contribution in [1.29, 1.82) is 0 Å². The third kappa shape index (κ3) is 4.97. The lowest BCUT2D eigenvalue weighted by atomic mass is 10.0. The minimum atomic E-state index is -0.191. The van der Waals surface area contributed by atoms with Crippen molar-refractivity contribution >= 4 is 44.7 Å². The average molecular weight is 350 g/mol. The molecule has 2 rings (SSSR count). The number of hydrogen-bond donors (Lipinski definition) is 2. The number of nitrogens with one attached hydrogen (secondary N) is 2. The maximum atomic E-state index is 12.2. The summed E-state index contributed by atoms with van der Waals surface area (Å²) in [5, 5.41) is 7.09. The first-order valence-electron chi connectivity index (χ1n) is 7.82. The van der Waals surface area contributed by atoms with Crippen LogP contribution in [0.3, 0.4) is 0 Å². The van der Waals surface area contributed by atoms with Crippen LogP contribution < -0.4 is 10.6 Å². The van der Waals surface area contributed by atoms with E-state index in [0.29, 0.717) is 11.4 Å². The number of benzene rings is 1. The van der Waals surface area contributed by atoms with Gasteiger partial charge in [-0.25, -0.2) is 4.98 Å². The highest BCUT2D eigenvalue weighted by molar-refractivity contribution is 7.80. The van der Waals surface area contributed by atoms with Crippen molar-refractivity contribution in [3.8, 4) is 0 Å². The van der Waals surface area contributed by atoms with Crippen LogP contribution in [0.2, 0.25) is 0 Å². The maximum absolute atomic E-state index is 12.2. The molecule has 23 heavy (non-hydrogen) atoms. The van der Waals surface area contributed by atoms with Gasteiger partial charge in [-0.15, -0.1) is 11.3 Å². The van der Waals surface area contributed by atoms with Crippen molar-refractivity contribution in [2.45, 2.75) is 52.1 Å². The van der Waals surface area contributed by atoms with Gasteiger partial charge in [0.2, 0.25) is 5.91 Å². The second kappa shape index (κ2) is 7.84. The Morgan fingerprint density at radius 3 is 2.43 bits per heavy atom. The first-order valence-corrected chi connectivity index (χ1v) is 9.04. The SMILES string of the molecule is CC(C)NC(=O)CC(C(=S)NC(C)C)c1nc2ccccc2s1. The molecule has 4 nitrogen and oxygen atoms in total. The quantitative estimate of drug-likeness (QED) is 0.782. The molecule has 2 aromatic rings. The first-order chi connectivity index (χ1) is 10.9. The molecule has 2 N–H and O–H groups in total. The lowest BCUT2D eigenvalue weighted by Gasteiger charge is -2.20. The Hall–Kier alpha value is -1.53. The van der Waals surface area contributed by atoms with Gasteiger partial charge in [-0.05, 0) is 39.8 Å². The van der Waals surface area contributed by atoms with E-state index in [4.69, 9.17) is 12.2 Å². The molecule has 1 aromatic carbocycles. The highest BCUT2D eigenvalue weighted by Gasteiger charge is 2.25. The van der Waals surface area contributed by atoms with Gasteiger partial charge in [0.25, 0.3) is 0 Å². The summed E-state index contributed by atoms with van der Waals surface area (Å²) in [6, 6.07) is 8.34. The van der Waals surface area contributed by atoms with Gasteiger partial charge < -0.3 is 10.6 Å². The molecule has 0 aliphatic carbocycles. The van der Waals surface area contributed by atoms with Crippen LogP contribution in [0.15, 0.2) is 24.3 Å². The van der Waals surface area contributed by atoms with Gasteiger partial charge in [-0.2, -0.15) is 0 Å². The number of nitrogens with zero attached hydrogens (tertiary/aromatic N) is 1. The Balaban J connectivity index is 2.28. The Kier molecular flexibility index (Phi) is 6.07. The number of thiazole rings is 1. The zero-order valence-corrected chi connectivity index (χ0v) is 15.6. The van der Waals surface area contributed by atoms with Crippen molar-refractivity contribution in [2.24, 2.45) is 0 Å². The monoisotopic (exact) mass is 349 g/mol. The molecule has 1 unspecified atom stereocenters. The number of para-hydroxylation sites is 1. The van der Waals surface area contributed by atoms with Crippen molar-refractivity contribution in [3.63, 3.8) is 0 Å². The summed E-state index contributed by atoms with van der Waals surface area (Å²) in [5.41, 5.74) is 0.953. The molecule has 1 heterocycles. The van der Waals surface area contributed by atoms with Crippen molar-refractivity contribution in [3.05, 3.63) is 29.3 Å². The molecule has 0 bridgehead atoms. The number of hydrogen-bond acceptors (Lipinski definition) is 4. The Morgan fingerprint density at radius 1 is 1.17 bits per heavy atom. The number of thiocarbonyl (C=S) groups is 1. The number of amides is 1. The largest absolute Gasteiger partial charge is 0.377 e. The zero-order valence-electron chi connectivity index (χ0n) is 13.9. The van der Waals surface area contributed by atoms with Crippen LogP contribution in [-0.2, 0) is 4.79 Å². The van der Waals surface area contributed by atoms with E-state index in [-0.39, 0.29) is 23.9 Å². The predicted molar refractivity (Wildman–Crippen MR) is 101 cm³/mol. The molecule has 1 atom stereocenters. The van der Waals surface area contributed by atoms with Gasteiger partial charge in [0.1, 0.15) is 5.01 Å². The molecule has 124 valence electrons. The summed E-state index contributed by atoms with van der Waals surface area (Å²) in [6.45, 7) is 7.98. The van der Waals surface area contributed by atoms with Crippen molar-refractivity contribution in [1.82, 2.24) is 15.6 Å². The molecule has 0 saturated heterocycles. The highest BCUT2D eigenvalue weighted by atomic mass is 32.1. The number of aromatic nitrogens is 1. The minimum Gasteiger partial charge on any atom is -0.377 e. The smallest absolute Gasteiger partial charge is 0.221 e. The van der Waals surface area contributed by atoms with E-state index in [1.807, 2.05) is 52.0 Å². The topological polar surface area (TPSA) is 54.0 Å². The van der Waals surface area contributed by atoms with Gasteiger partial charge in [0, 0.05) is 18.5 Å². The second-order valence-corrected chi connectivity index (χ2v) is 7.66. The number of fused-ring (bicyclic) bond motifs is 1. The Morgan fingerprint density at radius 2 is 1.83 bits per heavy atom. The molecule has 1 aromatic heterocycles. The molecule has 0 aliphatic heterocycles. The molecule has 0 fully saturated rings. The lowest BCUT2D eigenvalue weighted by Crippen LogP contribution is -2.37. The van der Waals surface area contributed by atoms with E-state index >= 15 is 0 Å².